The smallest absolute Gasteiger partial charge is 0.217 e. The summed E-state index contributed by atoms with van der Waals surface area (Å²) >= 11 is 1.89. The van der Waals surface area contributed by atoms with Crippen LogP contribution in [0.3, 0.4) is 0 Å². The molecule has 1 aromatic rings. The highest BCUT2D eigenvalue weighted by molar-refractivity contribution is 7.10. The van der Waals surface area contributed by atoms with Gasteiger partial charge in [-0.05, 0) is 55.3 Å². The van der Waals surface area contributed by atoms with Crippen molar-refractivity contribution in [1.82, 2.24) is 15.1 Å². The van der Waals surface area contributed by atoms with Crippen molar-refractivity contribution in [3.8, 4) is 0 Å². The molecule has 0 aromatic carbocycles. The van der Waals surface area contributed by atoms with E-state index in [1.807, 2.05) is 11.3 Å². The Balaban J connectivity index is 1.53. The minimum atomic E-state index is 0.104. The van der Waals surface area contributed by atoms with Crippen molar-refractivity contribution < 1.29 is 4.79 Å². The van der Waals surface area contributed by atoms with Crippen molar-refractivity contribution in [3.05, 3.63) is 21.9 Å². The molecule has 4 nitrogen and oxygen atoms in total. The van der Waals surface area contributed by atoms with Crippen LogP contribution in [-0.4, -0.2) is 47.9 Å². The van der Waals surface area contributed by atoms with Crippen molar-refractivity contribution in [2.45, 2.75) is 58.7 Å². The Labute approximate surface area is 150 Å². The molecular formula is C19H31N3OS. The molecule has 0 radical (unpaired) electrons. The first-order valence-electron chi connectivity index (χ1n) is 9.42. The molecule has 5 heteroatoms. The van der Waals surface area contributed by atoms with Crippen LogP contribution in [0.25, 0.3) is 0 Å². The van der Waals surface area contributed by atoms with E-state index in [-0.39, 0.29) is 5.91 Å². The van der Waals surface area contributed by atoms with Gasteiger partial charge in [0.2, 0.25) is 5.91 Å². The quantitative estimate of drug-likeness (QED) is 0.822. The molecule has 0 aliphatic carbocycles. The van der Waals surface area contributed by atoms with E-state index in [9.17, 15) is 4.79 Å². The molecule has 24 heavy (non-hydrogen) atoms. The van der Waals surface area contributed by atoms with Crippen molar-refractivity contribution in [2.75, 3.05) is 26.2 Å². The highest BCUT2D eigenvalue weighted by Gasteiger charge is 2.32. The maximum atomic E-state index is 11.5. The van der Waals surface area contributed by atoms with Gasteiger partial charge in [0.15, 0.2) is 0 Å². The van der Waals surface area contributed by atoms with Gasteiger partial charge in [0.1, 0.15) is 0 Å². The number of hydrogen-bond acceptors (Lipinski definition) is 4. The molecule has 2 aliphatic heterocycles. The summed E-state index contributed by atoms with van der Waals surface area (Å²) in [5.41, 5.74) is 1.47. The number of likely N-dealkylation sites (tertiary alicyclic amines) is 2. The fourth-order valence-corrected chi connectivity index (χ4v) is 5.11. The van der Waals surface area contributed by atoms with E-state index in [1.54, 1.807) is 6.92 Å². The van der Waals surface area contributed by atoms with Gasteiger partial charge in [0.05, 0.1) is 0 Å². The Morgan fingerprint density at radius 2 is 2.04 bits per heavy atom. The number of carbonyl (C=O) groups is 1. The Hall–Kier alpha value is -0.910. The van der Waals surface area contributed by atoms with Crippen LogP contribution in [0.15, 0.2) is 11.4 Å². The zero-order valence-electron chi connectivity index (χ0n) is 15.1. The van der Waals surface area contributed by atoms with E-state index in [2.05, 4.69) is 33.5 Å². The number of rotatable bonds is 7. The van der Waals surface area contributed by atoms with Crippen molar-refractivity contribution in [1.29, 1.82) is 0 Å². The predicted octanol–water partition coefficient (Wildman–Crippen LogP) is 3.08. The summed E-state index contributed by atoms with van der Waals surface area (Å²) in [4.78, 5) is 18.0. The van der Waals surface area contributed by atoms with Gasteiger partial charge in [-0.1, -0.05) is 13.3 Å². The van der Waals surface area contributed by atoms with Crippen LogP contribution in [0.2, 0.25) is 0 Å². The van der Waals surface area contributed by atoms with E-state index in [1.165, 1.54) is 49.2 Å². The Morgan fingerprint density at radius 3 is 2.75 bits per heavy atom. The molecule has 2 aliphatic rings. The van der Waals surface area contributed by atoms with Crippen LogP contribution in [-0.2, 0) is 17.9 Å². The lowest BCUT2D eigenvalue weighted by Gasteiger charge is -2.18. The number of amides is 1. The summed E-state index contributed by atoms with van der Waals surface area (Å²) in [5.74, 6) is 0.704. The second kappa shape index (κ2) is 8.45. The van der Waals surface area contributed by atoms with Crippen LogP contribution < -0.4 is 5.32 Å². The zero-order valence-corrected chi connectivity index (χ0v) is 15.9. The molecule has 2 saturated heterocycles. The molecule has 2 atom stereocenters. The van der Waals surface area contributed by atoms with Gasteiger partial charge in [-0.25, -0.2) is 0 Å². The summed E-state index contributed by atoms with van der Waals surface area (Å²) in [6.07, 6.45) is 5.10. The van der Waals surface area contributed by atoms with Crippen LogP contribution >= 0.6 is 11.3 Å². The predicted molar refractivity (Wildman–Crippen MR) is 100 cm³/mol. The lowest BCUT2D eigenvalue weighted by atomic mass is 9.98. The first kappa shape index (κ1) is 17.9. The van der Waals surface area contributed by atoms with E-state index in [0.29, 0.717) is 12.0 Å². The second-order valence-electron chi connectivity index (χ2n) is 7.45. The first-order chi connectivity index (χ1) is 11.6. The molecule has 0 saturated carbocycles. The summed E-state index contributed by atoms with van der Waals surface area (Å²) in [6, 6.07) is 2.72. The maximum absolute atomic E-state index is 11.5. The number of thiophene rings is 1. The third-order valence-corrected chi connectivity index (χ3v) is 6.23. The molecule has 3 heterocycles. The average molecular weight is 350 g/mol. The van der Waals surface area contributed by atoms with Crippen molar-refractivity contribution in [3.63, 3.8) is 0 Å². The van der Waals surface area contributed by atoms with E-state index < -0.39 is 0 Å². The third kappa shape index (κ3) is 4.80. The molecule has 2 fully saturated rings. The first-order valence-corrected chi connectivity index (χ1v) is 10.3. The average Bonchev–Trinajstić information content (AvgIpc) is 3.24. The number of carbonyl (C=O) groups excluding carboxylic acids is 1. The maximum Gasteiger partial charge on any atom is 0.217 e. The van der Waals surface area contributed by atoms with Gasteiger partial charge < -0.3 is 5.32 Å². The van der Waals surface area contributed by atoms with Crippen molar-refractivity contribution >= 4 is 17.2 Å². The number of hydrogen-bond donors (Lipinski definition) is 1. The van der Waals surface area contributed by atoms with Gasteiger partial charge in [-0.15, -0.1) is 11.3 Å². The highest BCUT2D eigenvalue weighted by atomic mass is 32.1. The number of nitrogens with zero attached hydrogens (tertiary/aromatic N) is 2. The molecule has 0 bridgehead atoms. The molecule has 1 amide bonds. The van der Waals surface area contributed by atoms with Gasteiger partial charge in [-0.2, -0.15) is 0 Å². The van der Waals surface area contributed by atoms with Crippen molar-refractivity contribution in [2.24, 2.45) is 5.92 Å². The van der Waals surface area contributed by atoms with Crippen LogP contribution in [0.5, 0.6) is 0 Å². The molecule has 134 valence electrons. The van der Waals surface area contributed by atoms with E-state index >= 15 is 0 Å². The Bertz CT molecular complexity index is 538. The summed E-state index contributed by atoms with van der Waals surface area (Å²) in [5, 5.41) is 5.49. The molecule has 0 unspecified atom stereocenters. The fourth-order valence-electron chi connectivity index (χ4n) is 4.19. The van der Waals surface area contributed by atoms with Crippen LogP contribution in [0, 0.1) is 5.92 Å². The largest absolute Gasteiger partial charge is 0.352 e. The number of nitrogens with one attached hydrogen (secondary N) is 1. The van der Waals surface area contributed by atoms with Crippen LogP contribution in [0.4, 0.5) is 0 Å². The molecule has 1 aromatic heterocycles. The monoisotopic (exact) mass is 349 g/mol. The fraction of sp³-hybridized carbons (Fsp3) is 0.737. The normalized spacial score (nSPS) is 25.4. The minimum absolute atomic E-state index is 0.104. The Morgan fingerprint density at radius 1 is 1.25 bits per heavy atom. The standard InChI is InChI=1S/C19H31N3OS/c1-3-6-17-11-22(13-19(17)20-15(2)23)12-18-9-16(14-24-18)10-21-7-4-5-8-21/h9,14,17,19H,3-8,10-13H2,1-2H3,(H,20,23)/t17-,19-/m1/s1. The topological polar surface area (TPSA) is 35.6 Å². The van der Waals surface area contributed by atoms with E-state index in [0.717, 1.165) is 26.2 Å². The van der Waals surface area contributed by atoms with Gasteiger partial charge >= 0.3 is 0 Å². The van der Waals surface area contributed by atoms with Gasteiger partial charge in [-0.3, -0.25) is 14.6 Å². The molecule has 1 N–H and O–H groups in total. The highest BCUT2D eigenvalue weighted by Crippen LogP contribution is 2.26. The zero-order chi connectivity index (χ0) is 16.9. The third-order valence-electron chi connectivity index (χ3n) is 5.26. The summed E-state index contributed by atoms with van der Waals surface area (Å²) in [7, 11) is 0. The van der Waals surface area contributed by atoms with Gasteiger partial charge in [0.25, 0.3) is 0 Å². The molecular weight excluding hydrogens is 318 g/mol. The summed E-state index contributed by atoms with van der Waals surface area (Å²) in [6.45, 7) is 10.6. The van der Waals surface area contributed by atoms with E-state index in [4.69, 9.17) is 0 Å². The molecule has 3 rings (SSSR count). The lowest BCUT2D eigenvalue weighted by molar-refractivity contribution is -0.119. The minimum Gasteiger partial charge on any atom is -0.352 e. The van der Waals surface area contributed by atoms with Gasteiger partial charge in [0, 0.05) is 44.0 Å². The Kier molecular flexibility index (Phi) is 6.31. The van der Waals surface area contributed by atoms with Crippen LogP contribution in [0.1, 0.15) is 50.0 Å². The molecule has 0 spiro atoms. The lowest BCUT2D eigenvalue weighted by Crippen LogP contribution is -2.39. The SMILES string of the molecule is CCC[C@@H]1CN(Cc2cc(CN3CCCC3)cs2)C[C@H]1NC(C)=O. The summed E-state index contributed by atoms with van der Waals surface area (Å²) < 4.78 is 0. The second-order valence-corrected chi connectivity index (χ2v) is 8.45.